The lowest BCUT2D eigenvalue weighted by Gasteiger charge is -2.22. The molecule has 1 unspecified atom stereocenters. The number of nitrogens with zero attached hydrogens (tertiary/aromatic N) is 1. The van der Waals surface area contributed by atoms with Gasteiger partial charge in [0.2, 0.25) is 0 Å². The third-order valence-corrected chi connectivity index (χ3v) is 2.82. The summed E-state index contributed by atoms with van der Waals surface area (Å²) >= 11 is 0. The number of carbonyl (C=O) groups is 1. The predicted octanol–water partition coefficient (Wildman–Crippen LogP) is 2.49. The number of anilines is 1. The summed E-state index contributed by atoms with van der Waals surface area (Å²) in [5.41, 5.74) is 1.71. The molecule has 1 atom stereocenters. The smallest absolute Gasteiger partial charge is 0.164 e. The molecule has 3 nitrogen and oxygen atoms in total. The summed E-state index contributed by atoms with van der Waals surface area (Å²) in [5, 5.41) is 9.28. The number of rotatable bonds is 6. The van der Waals surface area contributed by atoms with Crippen molar-refractivity contribution in [3.8, 4) is 0 Å². The molecule has 0 aromatic heterocycles. The molecule has 0 aliphatic rings. The highest BCUT2D eigenvalue weighted by Crippen LogP contribution is 2.21. The second-order valence-corrected chi connectivity index (χ2v) is 4.35. The number of aliphatic hydroxyl groups excluding tert-OH is 1. The quantitative estimate of drug-likeness (QED) is 0.770. The molecule has 0 spiro atoms. The summed E-state index contributed by atoms with van der Waals surface area (Å²) in [6, 6.07) is 7.63. The van der Waals surface area contributed by atoms with Gasteiger partial charge >= 0.3 is 0 Å². The molecule has 3 heteroatoms. The van der Waals surface area contributed by atoms with Crippen LogP contribution in [-0.4, -0.2) is 30.6 Å². The summed E-state index contributed by atoms with van der Waals surface area (Å²) in [6.45, 7) is 4.39. The fraction of sp³-hybridized carbons (Fsp3) is 0.500. The number of carbonyl (C=O) groups excluding carboxylic acids is 1. The van der Waals surface area contributed by atoms with Crippen molar-refractivity contribution in [1.82, 2.24) is 0 Å². The maximum absolute atomic E-state index is 11.8. The maximum Gasteiger partial charge on any atom is 0.164 e. The van der Waals surface area contributed by atoms with Crippen molar-refractivity contribution < 1.29 is 9.90 Å². The molecule has 0 aliphatic heterocycles. The van der Waals surface area contributed by atoms with Crippen molar-refractivity contribution in [2.45, 2.75) is 32.8 Å². The molecule has 0 fully saturated rings. The molecule has 1 N–H and O–H groups in total. The highest BCUT2D eigenvalue weighted by molar-refractivity contribution is 6.01. The van der Waals surface area contributed by atoms with Crippen LogP contribution in [0.25, 0.3) is 0 Å². The molecule has 0 radical (unpaired) electrons. The molecule has 0 heterocycles. The van der Waals surface area contributed by atoms with Crippen LogP contribution < -0.4 is 4.90 Å². The molecule has 0 aliphatic carbocycles. The Morgan fingerprint density at radius 1 is 1.41 bits per heavy atom. The minimum absolute atomic E-state index is 0.157. The largest absolute Gasteiger partial charge is 0.393 e. The Hall–Kier alpha value is -1.35. The van der Waals surface area contributed by atoms with E-state index in [9.17, 15) is 9.90 Å². The van der Waals surface area contributed by atoms with E-state index >= 15 is 0 Å². The topological polar surface area (TPSA) is 40.5 Å². The lowest BCUT2D eigenvalue weighted by molar-refractivity contribution is 0.0988. The zero-order chi connectivity index (χ0) is 12.8. The standard InChI is InChI=1S/C14H21NO2/c1-4-14(17)12-7-5-6-8-13(12)15(3)10-9-11(2)16/h5-8,11,16H,4,9-10H2,1-3H3. The van der Waals surface area contributed by atoms with Crippen molar-refractivity contribution in [2.24, 2.45) is 0 Å². The van der Waals surface area contributed by atoms with Crippen molar-refractivity contribution in [3.63, 3.8) is 0 Å². The van der Waals surface area contributed by atoms with Gasteiger partial charge in [0.15, 0.2) is 5.78 Å². The highest BCUT2D eigenvalue weighted by Gasteiger charge is 2.12. The van der Waals surface area contributed by atoms with Gasteiger partial charge in [-0.05, 0) is 25.5 Å². The molecule has 17 heavy (non-hydrogen) atoms. The minimum Gasteiger partial charge on any atom is -0.393 e. The number of hydrogen-bond donors (Lipinski definition) is 1. The third-order valence-electron chi connectivity index (χ3n) is 2.82. The van der Waals surface area contributed by atoms with Crippen LogP contribution in [0.15, 0.2) is 24.3 Å². The predicted molar refractivity (Wildman–Crippen MR) is 70.6 cm³/mol. The fourth-order valence-electron chi connectivity index (χ4n) is 1.73. The van der Waals surface area contributed by atoms with Crippen LogP contribution in [0.4, 0.5) is 5.69 Å². The fourth-order valence-corrected chi connectivity index (χ4v) is 1.73. The van der Waals surface area contributed by atoms with Crippen LogP contribution in [0.1, 0.15) is 37.0 Å². The molecule has 1 aromatic carbocycles. The number of ketones is 1. The second kappa shape index (κ2) is 6.40. The van der Waals surface area contributed by atoms with Gasteiger partial charge in [-0.15, -0.1) is 0 Å². The second-order valence-electron chi connectivity index (χ2n) is 4.35. The Balaban J connectivity index is 2.85. The summed E-state index contributed by atoms with van der Waals surface area (Å²) in [4.78, 5) is 13.8. The van der Waals surface area contributed by atoms with Crippen molar-refractivity contribution in [1.29, 1.82) is 0 Å². The first kappa shape index (κ1) is 13.7. The summed E-state index contributed by atoms with van der Waals surface area (Å²) in [6.07, 6.45) is 0.901. The van der Waals surface area contributed by atoms with Crippen LogP contribution >= 0.6 is 0 Å². The third kappa shape index (κ3) is 3.86. The molecular formula is C14H21NO2. The number of benzene rings is 1. The number of aliphatic hydroxyl groups is 1. The number of Topliss-reactive ketones (excluding diaryl/α,β-unsaturated/α-hetero) is 1. The summed E-state index contributed by atoms with van der Waals surface area (Å²) in [7, 11) is 1.95. The molecule has 94 valence electrons. The van der Waals surface area contributed by atoms with Crippen LogP contribution in [0.2, 0.25) is 0 Å². The first-order valence-corrected chi connectivity index (χ1v) is 6.07. The maximum atomic E-state index is 11.8. The summed E-state index contributed by atoms with van der Waals surface area (Å²) in [5.74, 6) is 0.157. The van der Waals surface area contributed by atoms with Crippen molar-refractivity contribution in [3.05, 3.63) is 29.8 Å². The van der Waals surface area contributed by atoms with E-state index in [1.54, 1.807) is 6.92 Å². The van der Waals surface area contributed by atoms with Gasteiger partial charge in [0, 0.05) is 31.3 Å². The van der Waals surface area contributed by atoms with E-state index in [4.69, 9.17) is 0 Å². The zero-order valence-electron chi connectivity index (χ0n) is 10.8. The lowest BCUT2D eigenvalue weighted by atomic mass is 10.1. The number of para-hydroxylation sites is 1. The molecule has 0 saturated heterocycles. The Morgan fingerprint density at radius 2 is 2.06 bits per heavy atom. The van der Waals surface area contributed by atoms with Gasteiger partial charge in [-0.1, -0.05) is 19.1 Å². The Kier molecular flexibility index (Phi) is 5.16. The average Bonchev–Trinajstić information content (AvgIpc) is 2.34. The van der Waals surface area contributed by atoms with Gasteiger partial charge in [-0.25, -0.2) is 0 Å². The van der Waals surface area contributed by atoms with Gasteiger partial charge in [-0.2, -0.15) is 0 Å². The van der Waals surface area contributed by atoms with Crippen molar-refractivity contribution in [2.75, 3.05) is 18.5 Å². The summed E-state index contributed by atoms with van der Waals surface area (Å²) < 4.78 is 0. The van der Waals surface area contributed by atoms with Gasteiger partial charge in [0.25, 0.3) is 0 Å². The number of hydrogen-bond acceptors (Lipinski definition) is 3. The Labute approximate surface area is 103 Å². The van der Waals surface area contributed by atoms with E-state index in [2.05, 4.69) is 0 Å². The SMILES string of the molecule is CCC(=O)c1ccccc1N(C)CCC(C)O. The van der Waals surface area contributed by atoms with Crippen LogP contribution in [-0.2, 0) is 0 Å². The van der Waals surface area contributed by atoms with Crippen LogP contribution in [0.3, 0.4) is 0 Å². The Bertz CT molecular complexity index is 374. The molecule has 0 bridgehead atoms. The zero-order valence-corrected chi connectivity index (χ0v) is 10.8. The molecule has 0 amide bonds. The normalized spacial score (nSPS) is 12.2. The first-order valence-electron chi connectivity index (χ1n) is 6.07. The lowest BCUT2D eigenvalue weighted by Crippen LogP contribution is -2.23. The van der Waals surface area contributed by atoms with E-state index in [-0.39, 0.29) is 11.9 Å². The van der Waals surface area contributed by atoms with Crippen LogP contribution in [0, 0.1) is 0 Å². The van der Waals surface area contributed by atoms with E-state index in [0.717, 1.165) is 17.8 Å². The van der Waals surface area contributed by atoms with Crippen molar-refractivity contribution >= 4 is 11.5 Å². The minimum atomic E-state index is -0.313. The molecular weight excluding hydrogens is 214 g/mol. The van der Waals surface area contributed by atoms with E-state index in [0.29, 0.717) is 12.8 Å². The van der Waals surface area contributed by atoms with Crippen LogP contribution in [0.5, 0.6) is 0 Å². The van der Waals surface area contributed by atoms with E-state index < -0.39 is 0 Å². The van der Waals surface area contributed by atoms with Gasteiger partial charge in [0.05, 0.1) is 6.10 Å². The molecule has 1 rings (SSSR count). The van der Waals surface area contributed by atoms with Gasteiger partial charge in [-0.3, -0.25) is 4.79 Å². The molecule has 0 saturated carbocycles. The average molecular weight is 235 g/mol. The highest BCUT2D eigenvalue weighted by atomic mass is 16.3. The molecule has 1 aromatic rings. The first-order chi connectivity index (χ1) is 8.06. The monoisotopic (exact) mass is 235 g/mol. The van der Waals surface area contributed by atoms with Gasteiger partial charge < -0.3 is 10.0 Å². The Morgan fingerprint density at radius 3 is 2.65 bits per heavy atom. The van der Waals surface area contributed by atoms with E-state index in [1.165, 1.54) is 0 Å². The van der Waals surface area contributed by atoms with E-state index in [1.807, 2.05) is 43.1 Å². The van der Waals surface area contributed by atoms with Gasteiger partial charge in [0.1, 0.15) is 0 Å².